The molecule has 0 saturated heterocycles. The van der Waals surface area contributed by atoms with Gasteiger partial charge < -0.3 is 10.7 Å². The molecule has 0 aliphatic carbocycles. The molecule has 1 unspecified atom stereocenters. The minimum atomic E-state index is 0.0112. The van der Waals surface area contributed by atoms with Crippen LogP contribution in [0.3, 0.4) is 0 Å². The zero-order valence-electron chi connectivity index (χ0n) is 9.46. The molecule has 2 aromatic rings. The molecule has 3 nitrogen and oxygen atoms in total. The van der Waals surface area contributed by atoms with E-state index in [2.05, 4.69) is 42.9 Å². The van der Waals surface area contributed by atoms with Crippen LogP contribution in [-0.4, -0.2) is 9.97 Å². The fourth-order valence-corrected chi connectivity index (χ4v) is 1.86. The van der Waals surface area contributed by atoms with Crippen LogP contribution in [-0.2, 0) is 0 Å². The molecule has 0 aliphatic heterocycles. The molecule has 1 aromatic heterocycles. The van der Waals surface area contributed by atoms with Gasteiger partial charge in [0.05, 0.1) is 17.1 Å². The lowest BCUT2D eigenvalue weighted by Crippen LogP contribution is -2.10. The lowest BCUT2D eigenvalue weighted by Gasteiger charge is -2.02. The van der Waals surface area contributed by atoms with Crippen molar-refractivity contribution in [3.05, 3.63) is 29.1 Å². The highest BCUT2D eigenvalue weighted by Crippen LogP contribution is 2.21. The predicted molar refractivity (Wildman–Crippen MR) is 62.8 cm³/mol. The summed E-state index contributed by atoms with van der Waals surface area (Å²) in [7, 11) is 0. The van der Waals surface area contributed by atoms with Crippen LogP contribution in [0.2, 0.25) is 0 Å². The maximum Gasteiger partial charge on any atom is 0.124 e. The summed E-state index contributed by atoms with van der Waals surface area (Å²) in [5, 5.41) is 0. The number of aromatic amines is 1. The Labute approximate surface area is 89.7 Å². The summed E-state index contributed by atoms with van der Waals surface area (Å²) < 4.78 is 0. The van der Waals surface area contributed by atoms with Crippen LogP contribution in [0.25, 0.3) is 11.0 Å². The van der Waals surface area contributed by atoms with Crippen LogP contribution >= 0.6 is 0 Å². The number of nitrogens with zero attached hydrogens (tertiary/aromatic N) is 1. The minimum Gasteiger partial charge on any atom is -0.341 e. The average molecular weight is 203 g/mol. The van der Waals surface area contributed by atoms with Gasteiger partial charge in [-0.1, -0.05) is 13.0 Å². The first-order valence-electron chi connectivity index (χ1n) is 5.34. The molecule has 15 heavy (non-hydrogen) atoms. The van der Waals surface area contributed by atoms with Gasteiger partial charge in [0.1, 0.15) is 5.82 Å². The van der Waals surface area contributed by atoms with Crippen LogP contribution in [0.5, 0.6) is 0 Å². The molecular weight excluding hydrogens is 186 g/mol. The Hall–Kier alpha value is -1.35. The highest BCUT2D eigenvalue weighted by Gasteiger charge is 2.10. The quantitative estimate of drug-likeness (QED) is 0.788. The molecule has 1 aromatic carbocycles. The van der Waals surface area contributed by atoms with Crippen LogP contribution in [0.1, 0.15) is 36.3 Å². The fraction of sp³-hybridized carbons (Fsp3) is 0.417. The summed E-state index contributed by atoms with van der Waals surface area (Å²) >= 11 is 0. The number of imidazole rings is 1. The molecule has 2 rings (SSSR count). The van der Waals surface area contributed by atoms with Crippen molar-refractivity contribution in [1.82, 2.24) is 9.97 Å². The van der Waals surface area contributed by atoms with Crippen molar-refractivity contribution in [2.24, 2.45) is 5.73 Å². The number of H-pyrrole nitrogens is 1. The second kappa shape index (κ2) is 3.66. The molecular formula is C12H17N3. The largest absolute Gasteiger partial charge is 0.341 e. The van der Waals surface area contributed by atoms with E-state index in [1.165, 1.54) is 11.1 Å². The zero-order chi connectivity index (χ0) is 11.0. The number of rotatable bonds is 2. The lowest BCUT2D eigenvalue weighted by atomic mass is 10.1. The van der Waals surface area contributed by atoms with Crippen LogP contribution in [0.15, 0.2) is 12.1 Å². The third-order valence-electron chi connectivity index (χ3n) is 2.73. The van der Waals surface area contributed by atoms with Gasteiger partial charge in [0, 0.05) is 0 Å². The number of hydrogen-bond acceptors (Lipinski definition) is 2. The van der Waals surface area contributed by atoms with Crippen molar-refractivity contribution in [1.29, 1.82) is 0 Å². The van der Waals surface area contributed by atoms with Gasteiger partial charge in [0.15, 0.2) is 0 Å². The summed E-state index contributed by atoms with van der Waals surface area (Å²) in [4.78, 5) is 7.84. The summed E-state index contributed by atoms with van der Waals surface area (Å²) in [6.07, 6.45) is 0.901. The fourth-order valence-electron chi connectivity index (χ4n) is 1.86. The second-order valence-electron chi connectivity index (χ2n) is 4.11. The molecule has 3 heteroatoms. The maximum atomic E-state index is 5.95. The molecule has 0 spiro atoms. The number of nitrogens with two attached hydrogens (primary N) is 1. The number of aromatic nitrogens is 2. The lowest BCUT2D eigenvalue weighted by molar-refractivity contribution is 0.660. The van der Waals surface area contributed by atoms with Gasteiger partial charge in [-0.3, -0.25) is 0 Å². The van der Waals surface area contributed by atoms with Gasteiger partial charge >= 0.3 is 0 Å². The predicted octanol–water partition coefficient (Wildman–Crippen LogP) is 2.59. The molecule has 0 saturated carbocycles. The molecule has 0 aliphatic rings. The van der Waals surface area contributed by atoms with Gasteiger partial charge in [0.2, 0.25) is 0 Å². The summed E-state index contributed by atoms with van der Waals surface area (Å²) in [6.45, 7) is 6.24. The first-order chi connectivity index (χ1) is 7.11. The topological polar surface area (TPSA) is 54.7 Å². The van der Waals surface area contributed by atoms with Crippen LogP contribution in [0, 0.1) is 13.8 Å². The van der Waals surface area contributed by atoms with E-state index in [1.807, 2.05) is 0 Å². The Kier molecular flexibility index (Phi) is 2.49. The molecule has 0 fully saturated rings. The zero-order valence-corrected chi connectivity index (χ0v) is 9.46. The van der Waals surface area contributed by atoms with Crippen LogP contribution < -0.4 is 5.73 Å². The first-order valence-corrected chi connectivity index (χ1v) is 5.34. The molecule has 1 heterocycles. The number of aryl methyl sites for hydroxylation is 2. The van der Waals surface area contributed by atoms with Crippen molar-refractivity contribution < 1.29 is 0 Å². The highest BCUT2D eigenvalue weighted by molar-refractivity contribution is 5.79. The third-order valence-corrected chi connectivity index (χ3v) is 2.73. The summed E-state index contributed by atoms with van der Waals surface area (Å²) in [5.41, 5.74) is 10.5. The first kappa shape index (κ1) is 10.2. The Morgan fingerprint density at radius 2 is 2.13 bits per heavy atom. The normalized spacial score (nSPS) is 13.3. The Bertz CT molecular complexity index is 485. The minimum absolute atomic E-state index is 0.0112. The molecule has 0 amide bonds. The van der Waals surface area contributed by atoms with E-state index >= 15 is 0 Å². The average Bonchev–Trinajstić information content (AvgIpc) is 2.60. The molecule has 3 N–H and O–H groups in total. The Morgan fingerprint density at radius 1 is 1.40 bits per heavy atom. The van der Waals surface area contributed by atoms with E-state index < -0.39 is 0 Å². The van der Waals surface area contributed by atoms with E-state index in [-0.39, 0.29) is 6.04 Å². The van der Waals surface area contributed by atoms with E-state index in [1.54, 1.807) is 0 Å². The number of fused-ring (bicyclic) bond motifs is 1. The van der Waals surface area contributed by atoms with E-state index in [0.29, 0.717) is 0 Å². The second-order valence-corrected chi connectivity index (χ2v) is 4.11. The van der Waals surface area contributed by atoms with Gasteiger partial charge in [-0.25, -0.2) is 4.98 Å². The van der Waals surface area contributed by atoms with Crippen LogP contribution in [0.4, 0.5) is 0 Å². The van der Waals surface area contributed by atoms with Gasteiger partial charge in [-0.15, -0.1) is 0 Å². The Balaban J connectivity index is 2.60. The van der Waals surface area contributed by atoms with Crippen molar-refractivity contribution in [3.8, 4) is 0 Å². The molecule has 0 radical (unpaired) electrons. The highest BCUT2D eigenvalue weighted by atomic mass is 15.0. The number of benzene rings is 1. The summed E-state index contributed by atoms with van der Waals surface area (Å²) in [5.74, 6) is 0.890. The molecule has 1 atom stereocenters. The van der Waals surface area contributed by atoms with E-state index in [0.717, 1.165) is 23.3 Å². The third kappa shape index (κ3) is 1.75. The van der Waals surface area contributed by atoms with E-state index in [9.17, 15) is 0 Å². The maximum absolute atomic E-state index is 5.95. The van der Waals surface area contributed by atoms with Crippen molar-refractivity contribution in [3.63, 3.8) is 0 Å². The number of nitrogens with one attached hydrogen (secondary N) is 1. The van der Waals surface area contributed by atoms with Gasteiger partial charge in [-0.05, 0) is 37.5 Å². The smallest absolute Gasteiger partial charge is 0.124 e. The standard InChI is InChI=1S/C12H17N3/c1-4-9(13)12-14-10-6-7(2)5-8(3)11(10)15-12/h5-6,9H,4,13H2,1-3H3,(H,14,15). The monoisotopic (exact) mass is 203 g/mol. The molecule has 80 valence electrons. The Morgan fingerprint density at radius 3 is 2.80 bits per heavy atom. The SMILES string of the molecule is CCC(N)c1nc2c(C)cc(C)cc2[nH]1. The number of hydrogen-bond donors (Lipinski definition) is 2. The van der Waals surface area contributed by atoms with E-state index in [4.69, 9.17) is 5.73 Å². The molecule has 0 bridgehead atoms. The summed E-state index contributed by atoms with van der Waals surface area (Å²) in [6, 6.07) is 4.27. The van der Waals surface area contributed by atoms with Gasteiger partial charge in [0.25, 0.3) is 0 Å². The van der Waals surface area contributed by atoms with Crippen molar-refractivity contribution in [2.45, 2.75) is 33.2 Å². The van der Waals surface area contributed by atoms with Crippen molar-refractivity contribution in [2.75, 3.05) is 0 Å². The van der Waals surface area contributed by atoms with Crippen molar-refractivity contribution >= 4 is 11.0 Å². The van der Waals surface area contributed by atoms with Gasteiger partial charge in [-0.2, -0.15) is 0 Å².